The Balaban J connectivity index is 1.82. The number of hydrogen-bond donors (Lipinski definition) is 1. The molecule has 0 aromatic heterocycles. The Kier molecular flexibility index (Phi) is 5.56. The van der Waals surface area contributed by atoms with Crippen LogP contribution < -0.4 is 19.6 Å². The van der Waals surface area contributed by atoms with Crippen LogP contribution in [0.4, 0.5) is 0 Å². The SMILES string of the molecule is COc1ccc(/C=N/NC(=O)c2cc3ccccc3cc2OC)c(OC)c1. The standard InChI is InChI=1S/C21H20N2O4/c1-25-17-9-8-16(19(12-17)26-2)13-22-23-21(24)18-10-14-6-4-5-7-15(14)11-20(18)27-3/h4-13H,1-3H3,(H,23,24)/b22-13+. The number of rotatable bonds is 6. The monoisotopic (exact) mass is 364 g/mol. The van der Waals surface area contributed by atoms with Gasteiger partial charge in [0.1, 0.15) is 17.2 Å². The maximum atomic E-state index is 12.6. The second-order valence-electron chi connectivity index (χ2n) is 5.71. The summed E-state index contributed by atoms with van der Waals surface area (Å²) in [6.07, 6.45) is 1.52. The summed E-state index contributed by atoms with van der Waals surface area (Å²) < 4.78 is 15.8. The van der Waals surface area contributed by atoms with Crippen molar-refractivity contribution < 1.29 is 19.0 Å². The van der Waals surface area contributed by atoms with E-state index in [9.17, 15) is 4.79 Å². The highest BCUT2D eigenvalue weighted by atomic mass is 16.5. The molecule has 6 heteroatoms. The molecule has 27 heavy (non-hydrogen) atoms. The summed E-state index contributed by atoms with van der Waals surface area (Å²) in [5.41, 5.74) is 3.65. The van der Waals surface area contributed by atoms with Crippen molar-refractivity contribution in [3.8, 4) is 17.2 Å². The number of hydrazone groups is 1. The molecule has 0 heterocycles. The zero-order chi connectivity index (χ0) is 19.2. The molecule has 3 aromatic rings. The summed E-state index contributed by atoms with van der Waals surface area (Å²) in [7, 11) is 4.68. The van der Waals surface area contributed by atoms with E-state index in [1.54, 1.807) is 38.5 Å². The van der Waals surface area contributed by atoms with Gasteiger partial charge in [0.2, 0.25) is 0 Å². The average molecular weight is 364 g/mol. The highest BCUT2D eigenvalue weighted by Crippen LogP contribution is 2.26. The van der Waals surface area contributed by atoms with Crippen molar-refractivity contribution in [2.75, 3.05) is 21.3 Å². The maximum Gasteiger partial charge on any atom is 0.275 e. The molecule has 0 saturated heterocycles. The first-order chi connectivity index (χ1) is 13.2. The Labute approximate surface area is 157 Å². The van der Waals surface area contributed by atoms with Gasteiger partial charge in [0.15, 0.2) is 0 Å². The number of hydrogen-bond acceptors (Lipinski definition) is 5. The molecule has 0 saturated carbocycles. The van der Waals surface area contributed by atoms with Gasteiger partial charge in [0, 0.05) is 11.6 Å². The minimum atomic E-state index is -0.360. The van der Waals surface area contributed by atoms with Crippen LogP contribution in [0.25, 0.3) is 10.8 Å². The molecule has 0 spiro atoms. The minimum Gasteiger partial charge on any atom is -0.497 e. The molecule has 0 fully saturated rings. The molecule has 0 aliphatic carbocycles. The van der Waals surface area contributed by atoms with E-state index in [4.69, 9.17) is 14.2 Å². The smallest absolute Gasteiger partial charge is 0.275 e. The molecule has 0 atom stereocenters. The van der Waals surface area contributed by atoms with E-state index in [2.05, 4.69) is 10.5 Å². The molecule has 1 N–H and O–H groups in total. The van der Waals surface area contributed by atoms with Gasteiger partial charge in [-0.05, 0) is 35.0 Å². The Morgan fingerprint density at radius 2 is 1.59 bits per heavy atom. The molecule has 0 radical (unpaired) electrons. The lowest BCUT2D eigenvalue weighted by Gasteiger charge is -2.09. The Hall–Kier alpha value is -3.54. The average Bonchev–Trinajstić information content (AvgIpc) is 2.72. The fourth-order valence-corrected chi connectivity index (χ4v) is 2.71. The van der Waals surface area contributed by atoms with Crippen LogP contribution in [0, 0.1) is 0 Å². The number of carbonyl (C=O) groups excluding carboxylic acids is 1. The second-order valence-corrected chi connectivity index (χ2v) is 5.71. The summed E-state index contributed by atoms with van der Waals surface area (Å²) in [6.45, 7) is 0. The van der Waals surface area contributed by atoms with Crippen molar-refractivity contribution in [1.29, 1.82) is 0 Å². The van der Waals surface area contributed by atoms with Crippen LogP contribution in [-0.4, -0.2) is 33.5 Å². The number of amides is 1. The van der Waals surface area contributed by atoms with Crippen LogP contribution in [0.15, 0.2) is 59.7 Å². The highest BCUT2D eigenvalue weighted by molar-refractivity contribution is 6.02. The van der Waals surface area contributed by atoms with Crippen molar-refractivity contribution in [2.45, 2.75) is 0 Å². The predicted octanol–water partition coefficient (Wildman–Crippen LogP) is 3.63. The van der Waals surface area contributed by atoms with Gasteiger partial charge < -0.3 is 14.2 Å². The number of carbonyl (C=O) groups is 1. The van der Waals surface area contributed by atoms with E-state index in [0.717, 1.165) is 10.8 Å². The van der Waals surface area contributed by atoms with Gasteiger partial charge in [-0.15, -0.1) is 0 Å². The van der Waals surface area contributed by atoms with Crippen LogP contribution in [0.2, 0.25) is 0 Å². The maximum absolute atomic E-state index is 12.6. The topological polar surface area (TPSA) is 69.2 Å². The first-order valence-corrected chi connectivity index (χ1v) is 8.28. The summed E-state index contributed by atoms with van der Waals surface area (Å²) in [5.74, 6) is 1.40. The van der Waals surface area contributed by atoms with Crippen LogP contribution in [-0.2, 0) is 0 Å². The van der Waals surface area contributed by atoms with Gasteiger partial charge in [0.25, 0.3) is 5.91 Å². The summed E-state index contributed by atoms with van der Waals surface area (Å²) >= 11 is 0. The molecule has 138 valence electrons. The lowest BCUT2D eigenvalue weighted by atomic mass is 10.1. The molecule has 0 unspecified atom stereocenters. The first kappa shape index (κ1) is 18.3. The number of methoxy groups -OCH3 is 3. The number of benzene rings is 3. The summed E-state index contributed by atoms with van der Waals surface area (Å²) in [5, 5.41) is 5.98. The third kappa shape index (κ3) is 4.00. The lowest BCUT2D eigenvalue weighted by molar-refractivity contribution is 0.0952. The van der Waals surface area contributed by atoms with Crippen molar-refractivity contribution in [2.24, 2.45) is 5.10 Å². The van der Waals surface area contributed by atoms with E-state index >= 15 is 0 Å². The Bertz CT molecular complexity index is 999. The van der Waals surface area contributed by atoms with Crippen molar-refractivity contribution in [1.82, 2.24) is 5.43 Å². The van der Waals surface area contributed by atoms with Crippen molar-refractivity contribution >= 4 is 22.9 Å². The van der Waals surface area contributed by atoms with Crippen LogP contribution in [0.1, 0.15) is 15.9 Å². The molecular formula is C21H20N2O4. The fourth-order valence-electron chi connectivity index (χ4n) is 2.71. The second kappa shape index (κ2) is 8.23. The van der Waals surface area contributed by atoms with Crippen LogP contribution in [0.5, 0.6) is 17.2 Å². The Morgan fingerprint density at radius 3 is 2.26 bits per heavy atom. The summed E-state index contributed by atoms with van der Waals surface area (Å²) in [4.78, 5) is 12.6. The molecule has 0 aliphatic heterocycles. The Morgan fingerprint density at radius 1 is 0.889 bits per heavy atom. The number of ether oxygens (including phenoxy) is 3. The highest BCUT2D eigenvalue weighted by Gasteiger charge is 2.13. The predicted molar refractivity (Wildman–Crippen MR) is 105 cm³/mol. The largest absolute Gasteiger partial charge is 0.497 e. The van der Waals surface area contributed by atoms with Crippen molar-refractivity contribution in [3.05, 3.63) is 65.7 Å². The van der Waals surface area contributed by atoms with Gasteiger partial charge in [-0.25, -0.2) is 5.43 Å². The lowest BCUT2D eigenvalue weighted by Crippen LogP contribution is -2.18. The molecule has 6 nitrogen and oxygen atoms in total. The van der Waals surface area contributed by atoms with Crippen molar-refractivity contribution in [3.63, 3.8) is 0 Å². The molecular weight excluding hydrogens is 344 g/mol. The minimum absolute atomic E-state index is 0.360. The fraction of sp³-hybridized carbons (Fsp3) is 0.143. The van der Waals surface area contributed by atoms with E-state index in [0.29, 0.717) is 28.4 Å². The van der Waals surface area contributed by atoms with E-state index in [1.807, 2.05) is 30.3 Å². The normalized spacial score (nSPS) is 10.8. The van der Waals surface area contributed by atoms with Gasteiger partial charge >= 0.3 is 0 Å². The van der Waals surface area contributed by atoms with Crippen LogP contribution in [0.3, 0.4) is 0 Å². The third-order valence-electron chi connectivity index (χ3n) is 4.12. The molecule has 0 bridgehead atoms. The number of nitrogens with one attached hydrogen (secondary N) is 1. The van der Waals surface area contributed by atoms with E-state index in [1.165, 1.54) is 13.3 Å². The third-order valence-corrected chi connectivity index (χ3v) is 4.12. The first-order valence-electron chi connectivity index (χ1n) is 8.28. The van der Waals surface area contributed by atoms with Gasteiger partial charge in [-0.2, -0.15) is 5.10 Å². The quantitative estimate of drug-likeness (QED) is 0.536. The van der Waals surface area contributed by atoms with Gasteiger partial charge in [-0.1, -0.05) is 24.3 Å². The summed E-state index contributed by atoms with van der Waals surface area (Å²) in [6, 6.07) is 16.7. The van der Waals surface area contributed by atoms with E-state index < -0.39 is 0 Å². The molecule has 3 aromatic carbocycles. The number of nitrogens with zero attached hydrogens (tertiary/aromatic N) is 1. The molecule has 1 amide bonds. The van der Waals surface area contributed by atoms with Gasteiger partial charge in [0.05, 0.1) is 33.1 Å². The zero-order valence-corrected chi connectivity index (χ0v) is 15.4. The zero-order valence-electron chi connectivity index (χ0n) is 15.4. The van der Waals surface area contributed by atoms with Crippen LogP contribution >= 0.6 is 0 Å². The van der Waals surface area contributed by atoms with Gasteiger partial charge in [-0.3, -0.25) is 4.79 Å². The van der Waals surface area contributed by atoms with E-state index in [-0.39, 0.29) is 5.91 Å². The number of fused-ring (bicyclic) bond motifs is 1. The molecule has 3 rings (SSSR count). The molecule has 0 aliphatic rings.